The van der Waals surface area contributed by atoms with Crippen LogP contribution in [0, 0.1) is 6.92 Å². The Labute approximate surface area is 163 Å². The normalized spacial score (nSPS) is 17.2. The van der Waals surface area contributed by atoms with Gasteiger partial charge in [0.1, 0.15) is 0 Å². The van der Waals surface area contributed by atoms with Crippen molar-refractivity contribution in [3.05, 3.63) is 71.3 Å². The van der Waals surface area contributed by atoms with Crippen LogP contribution in [0.4, 0.5) is 0 Å². The lowest BCUT2D eigenvalue weighted by atomic mass is 9.71. The van der Waals surface area contributed by atoms with Crippen molar-refractivity contribution in [2.45, 2.75) is 31.6 Å². The molecule has 4 heteroatoms. The Kier molecular flexibility index (Phi) is 4.63. The number of aliphatic carboxylic acids is 1. The fraction of sp³-hybridized carbons (Fsp3) is 0.250. The van der Waals surface area contributed by atoms with Gasteiger partial charge in [-0.2, -0.15) is 0 Å². The molecule has 142 valence electrons. The van der Waals surface area contributed by atoms with Crippen LogP contribution in [-0.4, -0.2) is 24.2 Å². The van der Waals surface area contributed by atoms with E-state index in [4.69, 9.17) is 4.74 Å². The van der Waals surface area contributed by atoms with Crippen molar-refractivity contribution < 1.29 is 19.4 Å². The molecule has 0 bridgehead atoms. The van der Waals surface area contributed by atoms with E-state index < -0.39 is 11.4 Å². The van der Waals surface area contributed by atoms with Gasteiger partial charge in [0.25, 0.3) is 6.47 Å². The van der Waals surface area contributed by atoms with Gasteiger partial charge in [0.05, 0.1) is 6.61 Å². The maximum absolute atomic E-state index is 11.4. The maximum Gasteiger partial charge on any atom is 0.303 e. The zero-order valence-corrected chi connectivity index (χ0v) is 15.8. The Morgan fingerprint density at radius 3 is 2.43 bits per heavy atom. The Balaban J connectivity index is 1.97. The zero-order chi connectivity index (χ0) is 19.7. The quantitative estimate of drug-likeness (QED) is 0.475. The number of fused-ring (bicyclic) bond motifs is 4. The lowest BCUT2D eigenvalue weighted by Gasteiger charge is -2.32. The third-order valence-electron chi connectivity index (χ3n) is 5.86. The van der Waals surface area contributed by atoms with E-state index in [2.05, 4.69) is 42.5 Å². The molecule has 1 atom stereocenters. The average molecular weight is 374 g/mol. The number of ether oxygens (including phenoxy) is 1. The van der Waals surface area contributed by atoms with Crippen LogP contribution in [0.2, 0.25) is 0 Å². The van der Waals surface area contributed by atoms with Crippen LogP contribution in [-0.2, 0) is 19.7 Å². The highest BCUT2D eigenvalue weighted by Crippen LogP contribution is 2.54. The predicted molar refractivity (Wildman–Crippen MR) is 108 cm³/mol. The molecule has 0 saturated heterocycles. The number of carbonyl (C=O) groups is 2. The van der Waals surface area contributed by atoms with Crippen LogP contribution < -0.4 is 0 Å². The standard InChI is InChI=1S/C24H22O4/c1-16-6-7-19-20-13-17-4-2-3-5-18(17)14-22(20)24(21(19)12-16,9-8-23(26)27)10-11-28-15-25/h2-7,12-15H,8-11H2,1H3,(H,26,27). The van der Waals surface area contributed by atoms with Crippen LogP contribution in [0.15, 0.2) is 54.6 Å². The van der Waals surface area contributed by atoms with Gasteiger partial charge in [-0.05, 0) is 64.9 Å². The lowest BCUT2D eigenvalue weighted by Crippen LogP contribution is -2.28. The molecule has 3 aromatic rings. The molecule has 0 aliphatic heterocycles. The molecule has 0 radical (unpaired) electrons. The van der Waals surface area contributed by atoms with Crippen LogP contribution in [0.3, 0.4) is 0 Å². The summed E-state index contributed by atoms with van der Waals surface area (Å²) in [5.74, 6) is -0.820. The highest BCUT2D eigenvalue weighted by atomic mass is 16.5. The van der Waals surface area contributed by atoms with Crippen LogP contribution in [0.5, 0.6) is 0 Å². The topological polar surface area (TPSA) is 63.6 Å². The summed E-state index contributed by atoms with van der Waals surface area (Å²) in [4.78, 5) is 22.2. The molecule has 4 rings (SSSR count). The summed E-state index contributed by atoms with van der Waals surface area (Å²) in [7, 11) is 0. The zero-order valence-electron chi connectivity index (χ0n) is 15.8. The second-order valence-electron chi connectivity index (χ2n) is 7.49. The summed E-state index contributed by atoms with van der Waals surface area (Å²) >= 11 is 0. The molecule has 0 heterocycles. The summed E-state index contributed by atoms with van der Waals surface area (Å²) < 4.78 is 5.05. The first-order chi connectivity index (χ1) is 13.5. The Bertz CT molecular complexity index is 1070. The summed E-state index contributed by atoms with van der Waals surface area (Å²) in [6.45, 7) is 2.75. The molecule has 28 heavy (non-hydrogen) atoms. The van der Waals surface area contributed by atoms with Crippen molar-refractivity contribution in [1.29, 1.82) is 0 Å². The minimum absolute atomic E-state index is 0.0563. The van der Waals surface area contributed by atoms with Gasteiger partial charge < -0.3 is 9.84 Å². The third-order valence-corrected chi connectivity index (χ3v) is 5.86. The predicted octanol–water partition coefficient (Wildman–Crippen LogP) is 4.84. The fourth-order valence-electron chi connectivity index (χ4n) is 4.56. The van der Waals surface area contributed by atoms with Gasteiger partial charge >= 0.3 is 5.97 Å². The number of hydrogen-bond acceptors (Lipinski definition) is 3. The molecular weight excluding hydrogens is 352 g/mol. The Morgan fingerprint density at radius 1 is 1.00 bits per heavy atom. The van der Waals surface area contributed by atoms with Gasteiger partial charge in [-0.3, -0.25) is 9.59 Å². The summed E-state index contributed by atoms with van der Waals surface area (Å²) in [6.07, 6.45) is 1.08. The summed E-state index contributed by atoms with van der Waals surface area (Å²) in [5, 5.41) is 11.7. The molecule has 4 nitrogen and oxygen atoms in total. The van der Waals surface area contributed by atoms with Crippen molar-refractivity contribution >= 4 is 23.2 Å². The van der Waals surface area contributed by atoms with E-state index in [9.17, 15) is 14.7 Å². The first-order valence-electron chi connectivity index (χ1n) is 9.47. The largest absolute Gasteiger partial charge is 0.481 e. The number of rotatable bonds is 7. The van der Waals surface area contributed by atoms with E-state index in [0.29, 0.717) is 19.3 Å². The molecule has 0 aromatic heterocycles. The van der Waals surface area contributed by atoms with Crippen molar-refractivity contribution in [1.82, 2.24) is 0 Å². The minimum atomic E-state index is -0.820. The molecular formula is C24H22O4. The molecule has 0 saturated carbocycles. The second-order valence-corrected chi connectivity index (χ2v) is 7.49. The summed E-state index contributed by atoms with van der Waals surface area (Å²) in [6, 6.07) is 19.0. The number of aryl methyl sites for hydroxylation is 1. The lowest BCUT2D eigenvalue weighted by molar-refractivity contribution is -0.137. The van der Waals surface area contributed by atoms with Gasteiger partial charge in [-0.1, -0.05) is 48.0 Å². The fourth-order valence-corrected chi connectivity index (χ4v) is 4.56. The monoisotopic (exact) mass is 374 g/mol. The number of carbonyl (C=O) groups excluding carboxylic acids is 1. The van der Waals surface area contributed by atoms with Gasteiger partial charge in [-0.25, -0.2) is 0 Å². The minimum Gasteiger partial charge on any atom is -0.481 e. The van der Waals surface area contributed by atoms with E-state index in [1.54, 1.807) is 0 Å². The first kappa shape index (κ1) is 18.2. The number of benzene rings is 3. The number of carboxylic acid groups (broad SMARTS) is 1. The van der Waals surface area contributed by atoms with Crippen molar-refractivity contribution in [3.8, 4) is 11.1 Å². The number of carboxylic acids is 1. The highest BCUT2D eigenvalue weighted by molar-refractivity contribution is 5.93. The SMILES string of the molecule is Cc1ccc2c(c1)C(CCOC=O)(CCC(=O)O)c1cc3ccccc3cc1-2. The van der Waals surface area contributed by atoms with Gasteiger partial charge in [-0.15, -0.1) is 0 Å². The van der Waals surface area contributed by atoms with Crippen molar-refractivity contribution in [2.24, 2.45) is 0 Å². The van der Waals surface area contributed by atoms with E-state index in [1.165, 1.54) is 0 Å². The van der Waals surface area contributed by atoms with E-state index in [0.717, 1.165) is 38.6 Å². The second kappa shape index (κ2) is 7.12. The van der Waals surface area contributed by atoms with Crippen LogP contribution in [0.25, 0.3) is 21.9 Å². The molecule has 1 aliphatic carbocycles. The van der Waals surface area contributed by atoms with E-state index in [-0.39, 0.29) is 13.0 Å². The molecule has 1 aliphatic rings. The highest BCUT2D eigenvalue weighted by Gasteiger charge is 2.43. The van der Waals surface area contributed by atoms with Crippen LogP contribution in [0.1, 0.15) is 36.0 Å². The van der Waals surface area contributed by atoms with E-state index in [1.807, 2.05) is 19.1 Å². The maximum atomic E-state index is 11.4. The molecule has 3 aromatic carbocycles. The molecule has 1 unspecified atom stereocenters. The summed E-state index contributed by atoms with van der Waals surface area (Å²) in [5.41, 5.74) is 5.19. The smallest absolute Gasteiger partial charge is 0.303 e. The Morgan fingerprint density at radius 2 is 1.71 bits per heavy atom. The average Bonchev–Trinajstić information content (AvgIpc) is 2.94. The van der Waals surface area contributed by atoms with Crippen LogP contribution >= 0.6 is 0 Å². The van der Waals surface area contributed by atoms with Crippen molar-refractivity contribution in [3.63, 3.8) is 0 Å². The number of hydrogen-bond donors (Lipinski definition) is 1. The molecule has 0 amide bonds. The third kappa shape index (κ3) is 2.95. The van der Waals surface area contributed by atoms with Crippen molar-refractivity contribution in [2.75, 3.05) is 6.61 Å². The van der Waals surface area contributed by atoms with Gasteiger partial charge in [0.2, 0.25) is 0 Å². The van der Waals surface area contributed by atoms with Gasteiger partial charge in [0.15, 0.2) is 0 Å². The Hall–Kier alpha value is -3.14. The first-order valence-corrected chi connectivity index (χ1v) is 9.47. The van der Waals surface area contributed by atoms with E-state index >= 15 is 0 Å². The van der Waals surface area contributed by atoms with Gasteiger partial charge in [0, 0.05) is 11.8 Å². The molecule has 0 fully saturated rings. The molecule has 0 spiro atoms. The molecule has 1 N–H and O–H groups in total.